The van der Waals surface area contributed by atoms with Crippen molar-refractivity contribution in [1.29, 1.82) is 0 Å². The minimum absolute atomic E-state index is 0.0496. The topological polar surface area (TPSA) is 54.8 Å². The normalized spacial score (nSPS) is 22.5. The molecule has 0 N–H and O–H groups in total. The summed E-state index contributed by atoms with van der Waals surface area (Å²) >= 11 is 0. The minimum Gasteiger partial charge on any atom is -0.476 e. The van der Waals surface area contributed by atoms with Crippen molar-refractivity contribution in [2.45, 2.75) is 25.0 Å². The Morgan fingerprint density at radius 3 is 2.87 bits per heavy atom. The van der Waals surface area contributed by atoms with Crippen molar-refractivity contribution in [3.8, 4) is 0 Å². The average molecular weight is 307 g/mol. The number of para-hydroxylation sites is 1. The van der Waals surface area contributed by atoms with Crippen LogP contribution in [0.2, 0.25) is 0 Å². The molecule has 0 fully saturated rings. The Labute approximate surface area is 134 Å². The van der Waals surface area contributed by atoms with Gasteiger partial charge >= 0.3 is 0 Å². The number of aromatic nitrogens is 1. The Balaban J connectivity index is 1.54. The van der Waals surface area contributed by atoms with Crippen LogP contribution >= 0.6 is 0 Å². The fourth-order valence-electron chi connectivity index (χ4n) is 3.21. The van der Waals surface area contributed by atoms with Gasteiger partial charge in [-0.2, -0.15) is 0 Å². The molecule has 2 aliphatic heterocycles. The van der Waals surface area contributed by atoms with Gasteiger partial charge in [-0.15, -0.1) is 0 Å². The van der Waals surface area contributed by atoms with Gasteiger partial charge in [0, 0.05) is 31.0 Å². The zero-order valence-corrected chi connectivity index (χ0v) is 12.6. The molecule has 5 heteroatoms. The van der Waals surface area contributed by atoms with E-state index in [9.17, 15) is 4.79 Å². The lowest BCUT2D eigenvalue weighted by molar-refractivity contribution is -0.120. The number of carbonyl (C=O) groups excluding carboxylic acids is 1. The number of pyridine rings is 1. The van der Waals surface area contributed by atoms with E-state index in [1.807, 2.05) is 35.2 Å². The van der Waals surface area contributed by atoms with Crippen LogP contribution < -0.4 is 4.90 Å². The fraction of sp³-hybridized carbons (Fsp3) is 0.278. The van der Waals surface area contributed by atoms with Gasteiger partial charge in [-0.3, -0.25) is 9.78 Å². The molecule has 1 aromatic carbocycles. The van der Waals surface area contributed by atoms with Crippen LogP contribution in [-0.4, -0.2) is 29.9 Å². The summed E-state index contributed by atoms with van der Waals surface area (Å²) in [6.45, 7) is 0.727. The molecule has 23 heavy (non-hydrogen) atoms. The molecule has 0 bridgehead atoms. The van der Waals surface area contributed by atoms with Crippen LogP contribution in [0.25, 0.3) is 0 Å². The lowest BCUT2D eigenvalue weighted by Crippen LogP contribution is -2.39. The number of hydrogen-bond acceptors (Lipinski definition) is 4. The molecule has 0 spiro atoms. The van der Waals surface area contributed by atoms with E-state index >= 15 is 0 Å². The molecule has 3 heterocycles. The van der Waals surface area contributed by atoms with Crippen molar-refractivity contribution < 1.29 is 9.53 Å². The summed E-state index contributed by atoms with van der Waals surface area (Å²) in [5.41, 5.74) is 3.26. The fourth-order valence-corrected chi connectivity index (χ4v) is 3.21. The van der Waals surface area contributed by atoms with Gasteiger partial charge in [-0.25, -0.2) is 4.99 Å². The van der Waals surface area contributed by atoms with Crippen molar-refractivity contribution in [1.82, 2.24) is 4.98 Å². The molecular formula is C18H17N3O2. The minimum atomic E-state index is -0.395. The first-order chi connectivity index (χ1) is 11.3. The average Bonchev–Trinajstić information content (AvgIpc) is 3.06. The van der Waals surface area contributed by atoms with Crippen molar-refractivity contribution >= 4 is 18.0 Å². The van der Waals surface area contributed by atoms with Gasteiger partial charge in [0.05, 0.1) is 0 Å². The van der Waals surface area contributed by atoms with Crippen LogP contribution in [0.3, 0.4) is 0 Å². The smallest absolute Gasteiger partial charge is 0.252 e. The number of nitrogens with zero attached hydrogens (tertiary/aromatic N) is 3. The van der Waals surface area contributed by atoms with Crippen molar-refractivity contribution in [3.63, 3.8) is 0 Å². The predicted octanol–water partition coefficient (Wildman–Crippen LogP) is 2.53. The number of fused-ring (bicyclic) bond motifs is 1. The quantitative estimate of drug-likeness (QED) is 0.856. The maximum atomic E-state index is 12.9. The second-order valence-corrected chi connectivity index (χ2v) is 5.78. The number of anilines is 1. The van der Waals surface area contributed by atoms with E-state index in [4.69, 9.17) is 4.74 Å². The third-order valence-electron chi connectivity index (χ3n) is 4.42. The van der Waals surface area contributed by atoms with Gasteiger partial charge in [0.2, 0.25) is 0 Å². The number of amides is 1. The Bertz CT molecular complexity index is 745. The Morgan fingerprint density at radius 1 is 1.17 bits per heavy atom. The van der Waals surface area contributed by atoms with Crippen LogP contribution in [0.15, 0.2) is 53.8 Å². The molecule has 0 radical (unpaired) electrons. The van der Waals surface area contributed by atoms with Gasteiger partial charge in [0.1, 0.15) is 12.1 Å². The molecule has 0 unspecified atom stereocenters. The molecule has 2 atom stereocenters. The lowest BCUT2D eigenvalue weighted by Gasteiger charge is -2.27. The van der Waals surface area contributed by atoms with Crippen LogP contribution in [-0.2, 0) is 16.0 Å². The van der Waals surface area contributed by atoms with Crippen molar-refractivity contribution in [3.05, 3.63) is 59.9 Å². The summed E-state index contributed by atoms with van der Waals surface area (Å²) in [5, 5.41) is 0. The van der Waals surface area contributed by atoms with Gasteiger partial charge in [-0.1, -0.05) is 18.2 Å². The standard InChI is InChI=1S/C18H17N3O2/c22-18(21-10-7-13-3-1-2-4-16(13)21)15-11-17(23-12-20-15)14-5-8-19-9-6-14/h1-6,8-9,12,15,17H,7,10-11H2/t15-,17-/m0/s1. The zero-order valence-electron chi connectivity index (χ0n) is 12.6. The van der Waals surface area contributed by atoms with Gasteiger partial charge in [-0.05, 0) is 35.7 Å². The predicted molar refractivity (Wildman–Crippen MR) is 87.5 cm³/mol. The highest BCUT2D eigenvalue weighted by molar-refractivity contribution is 5.99. The summed E-state index contributed by atoms with van der Waals surface area (Å²) in [7, 11) is 0. The van der Waals surface area contributed by atoms with E-state index in [0.717, 1.165) is 24.2 Å². The number of rotatable bonds is 2. The molecule has 1 amide bonds. The summed E-state index contributed by atoms with van der Waals surface area (Å²) in [4.78, 5) is 23.0. The summed E-state index contributed by atoms with van der Waals surface area (Å²) in [5.74, 6) is 0.0496. The number of carbonyl (C=O) groups is 1. The molecule has 1 aromatic heterocycles. The van der Waals surface area contributed by atoms with Gasteiger partial charge in [0.15, 0.2) is 6.40 Å². The van der Waals surface area contributed by atoms with E-state index in [2.05, 4.69) is 16.0 Å². The molecule has 0 saturated heterocycles. The van der Waals surface area contributed by atoms with Crippen LogP contribution in [0, 0.1) is 0 Å². The second-order valence-electron chi connectivity index (χ2n) is 5.78. The number of aliphatic imine (C=N–C) groups is 1. The van der Waals surface area contributed by atoms with E-state index in [1.165, 1.54) is 12.0 Å². The van der Waals surface area contributed by atoms with Crippen LogP contribution in [0.4, 0.5) is 5.69 Å². The number of hydrogen-bond donors (Lipinski definition) is 0. The first-order valence-electron chi connectivity index (χ1n) is 7.79. The Kier molecular flexibility index (Phi) is 3.54. The van der Waals surface area contributed by atoms with Crippen molar-refractivity contribution in [2.75, 3.05) is 11.4 Å². The third-order valence-corrected chi connectivity index (χ3v) is 4.42. The number of benzene rings is 1. The van der Waals surface area contributed by atoms with Crippen molar-refractivity contribution in [2.24, 2.45) is 4.99 Å². The largest absolute Gasteiger partial charge is 0.476 e. The summed E-state index contributed by atoms with van der Waals surface area (Å²) in [6, 6.07) is 11.5. The van der Waals surface area contributed by atoms with E-state index in [0.29, 0.717) is 6.42 Å². The highest BCUT2D eigenvalue weighted by Crippen LogP contribution is 2.31. The maximum Gasteiger partial charge on any atom is 0.252 e. The zero-order chi connectivity index (χ0) is 15.6. The molecule has 116 valence electrons. The van der Waals surface area contributed by atoms with E-state index in [1.54, 1.807) is 12.4 Å². The lowest BCUT2D eigenvalue weighted by atomic mass is 10.0. The molecule has 0 aliphatic carbocycles. The second kappa shape index (κ2) is 5.83. The monoisotopic (exact) mass is 307 g/mol. The SMILES string of the molecule is O=C([C@@H]1C[C@@H](c2ccncc2)OC=N1)N1CCc2ccccc21. The van der Waals surface area contributed by atoms with Crippen LogP contribution in [0.5, 0.6) is 0 Å². The molecule has 2 aliphatic rings. The molecule has 2 aromatic rings. The Hall–Kier alpha value is -2.69. The van der Waals surface area contributed by atoms with Gasteiger partial charge < -0.3 is 9.64 Å². The highest BCUT2D eigenvalue weighted by atomic mass is 16.5. The highest BCUT2D eigenvalue weighted by Gasteiger charge is 2.33. The summed E-state index contributed by atoms with van der Waals surface area (Å²) < 4.78 is 5.59. The third kappa shape index (κ3) is 2.59. The molecule has 0 saturated carbocycles. The van der Waals surface area contributed by atoms with E-state index in [-0.39, 0.29) is 12.0 Å². The van der Waals surface area contributed by atoms with Crippen LogP contribution in [0.1, 0.15) is 23.7 Å². The first-order valence-corrected chi connectivity index (χ1v) is 7.79. The maximum absolute atomic E-state index is 12.9. The molecule has 4 rings (SSSR count). The summed E-state index contributed by atoms with van der Waals surface area (Å²) in [6.07, 6.45) is 6.19. The van der Waals surface area contributed by atoms with E-state index < -0.39 is 6.04 Å². The molecule has 5 nitrogen and oxygen atoms in total. The van der Waals surface area contributed by atoms with Gasteiger partial charge in [0.25, 0.3) is 5.91 Å². The Morgan fingerprint density at radius 2 is 2.00 bits per heavy atom. The molecular weight excluding hydrogens is 290 g/mol. The number of ether oxygens (including phenoxy) is 1. The first kappa shape index (κ1) is 13.9.